The van der Waals surface area contributed by atoms with Crippen molar-refractivity contribution in [3.63, 3.8) is 0 Å². The number of furan rings is 1. The highest BCUT2D eigenvalue weighted by molar-refractivity contribution is 7.89. The Balaban J connectivity index is 2.15. The third kappa shape index (κ3) is 3.26. The van der Waals surface area contributed by atoms with Crippen molar-refractivity contribution in [3.05, 3.63) is 34.0 Å². The molecule has 8 heteroatoms. The van der Waals surface area contributed by atoms with Gasteiger partial charge >= 0.3 is 0 Å². The summed E-state index contributed by atoms with van der Waals surface area (Å²) in [6, 6.07) is 2.31. The molecule has 1 atom stereocenters. The summed E-state index contributed by atoms with van der Waals surface area (Å²) < 4.78 is 31.8. The second-order valence-corrected chi connectivity index (χ2v) is 7.03. The van der Waals surface area contributed by atoms with Gasteiger partial charge in [0.25, 0.3) is 10.0 Å². The fourth-order valence-electron chi connectivity index (χ4n) is 1.62. The minimum atomic E-state index is -3.76. The number of thiazole rings is 1. The Morgan fingerprint density at radius 1 is 1.50 bits per heavy atom. The van der Waals surface area contributed by atoms with Crippen LogP contribution in [-0.4, -0.2) is 18.5 Å². The van der Waals surface area contributed by atoms with Crippen LogP contribution in [0.5, 0.6) is 0 Å². The van der Waals surface area contributed by atoms with Gasteiger partial charge in [-0.05, 0) is 25.5 Å². The summed E-state index contributed by atoms with van der Waals surface area (Å²) in [5.74, 6) is 0.209. The first-order valence-corrected chi connectivity index (χ1v) is 8.42. The number of rotatable bonds is 6. The smallest absolute Gasteiger partial charge is 0.274 e. The summed E-state index contributed by atoms with van der Waals surface area (Å²) >= 11 is 1.48. The van der Waals surface area contributed by atoms with Gasteiger partial charge in [0.15, 0.2) is 0 Å². The number of aromatic nitrogens is 1. The third-order valence-electron chi connectivity index (χ3n) is 2.68. The molecule has 110 valence electrons. The minimum Gasteiger partial charge on any atom is -0.446 e. The Kier molecular flexibility index (Phi) is 4.59. The summed E-state index contributed by atoms with van der Waals surface area (Å²) in [5.41, 5.74) is 0. The molecule has 2 N–H and O–H groups in total. The second-order valence-electron chi connectivity index (χ2n) is 4.24. The Morgan fingerprint density at radius 3 is 2.80 bits per heavy atom. The first kappa shape index (κ1) is 15.2. The van der Waals surface area contributed by atoms with Crippen LogP contribution < -0.4 is 4.72 Å². The molecule has 2 heterocycles. The normalized spacial score (nSPS) is 13.6. The highest BCUT2D eigenvalue weighted by Gasteiger charge is 2.23. The predicted octanol–water partition coefficient (Wildman–Crippen LogP) is 1.83. The molecule has 2 rings (SSSR count). The highest BCUT2D eigenvalue weighted by atomic mass is 32.2. The van der Waals surface area contributed by atoms with Gasteiger partial charge in [0.2, 0.25) is 5.09 Å². The first-order chi connectivity index (χ1) is 9.46. The van der Waals surface area contributed by atoms with Gasteiger partial charge in [0.1, 0.15) is 17.4 Å². The fourth-order valence-corrected chi connectivity index (χ4v) is 3.71. The lowest BCUT2D eigenvalue weighted by Crippen LogP contribution is -2.26. The van der Waals surface area contributed by atoms with Crippen LogP contribution >= 0.6 is 11.3 Å². The molecule has 0 saturated carbocycles. The van der Waals surface area contributed by atoms with Gasteiger partial charge in [0, 0.05) is 11.1 Å². The highest BCUT2D eigenvalue weighted by Crippen LogP contribution is 2.23. The molecule has 6 nitrogen and oxygen atoms in total. The molecule has 0 aliphatic carbocycles. The first-order valence-electron chi connectivity index (χ1n) is 6.12. The zero-order valence-corrected chi connectivity index (χ0v) is 12.8. The van der Waals surface area contributed by atoms with Crippen LogP contribution in [0.2, 0.25) is 0 Å². The molecule has 0 aromatic carbocycles. The van der Waals surface area contributed by atoms with Crippen LogP contribution in [0.25, 0.3) is 0 Å². The molecule has 0 radical (unpaired) electrons. The zero-order valence-electron chi connectivity index (χ0n) is 11.2. The molecule has 0 aliphatic heterocycles. The van der Waals surface area contributed by atoms with Gasteiger partial charge in [-0.15, -0.1) is 11.3 Å². The van der Waals surface area contributed by atoms with Gasteiger partial charge in [-0.2, -0.15) is 4.72 Å². The topological polar surface area (TPSA) is 92.4 Å². The fraction of sp³-hybridized carbons (Fsp3) is 0.417. The van der Waals surface area contributed by atoms with E-state index >= 15 is 0 Å². The molecule has 0 aliphatic rings. The standard InChI is InChI=1S/C12H16N2O4S2/c1-3-10-6-13-12(19-10)8(2)14-20(16,17)11-5-4-9(7-15)18-11/h4-6,8,14-15H,3,7H2,1-2H3. The number of nitrogens with zero attached hydrogens (tertiary/aromatic N) is 1. The number of nitrogens with one attached hydrogen (secondary N) is 1. The monoisotopic (exact) mass is 316 g/mol. The van der Waals surface area contributed by atoms with E-state index in [4.69, 9.17) is 9.52 Å². The maximum absolute atomic E-state index is 12.1. The van der Waals surface area contributed by atoms with Crippen LogP contribution in [0.4, 0.5) is 0 Å². The number of hydrogen-bond acceptors (Lipinski definition) is 6. The molecule has 0 bridgehead atoms. The number of aliphatic hydroxyl groups is 1. The van der Waals surface area contributed by atoms with E-state index in [0.717, 1.165) is 11.3 Å². The average molecular weight is 316 g/mol. The molecule has 0 saturated heterocycles. The lowest BCUT2D eigenvalue weighted by Gasteiger charge is -2.09. The van der Waals surface area contributed by atoms with E-state index in [1.54, 1.807) is 13.1 Å². The Labute approximate surface area is 121 Å². The van der Waals surface area contributed by atoms with Crippen molar-refractivity contribution < 1.29 is 17.9 Å². The number of aryl methyl sites for hydroxylation is 1. The van der Waals surface area contributed by atoms with Gasteiger partial charge < -0.3 is 9.52 Å². The van der Waals surface area contributed by atoms with Crippen molar-refractivity contribution >= 4 is 21.4 Å². The van der Waals surface area contributed by atoms with E-state index in [0.29, 0.717) is 5.01 Å². The Hall–Kier alpha value is -1.22. The zero-order chi connectivity index (χ0) is 14.8. The van der Waals surface area contributed by atoms with E-state index in [2.05, 4.69) is 9.71 Å². The van der Waals surface area contributed by atoms with Crippen LogP contribution in [0.3, 0.4) is 0 Å². The minimum absolute atomic E-state index is 0.208. The maximum Gasteiger partial charge on any atom is 0.274 e. The van der Waals surface area contributed by atoms with Gasteiger partial charge in [-0.1, -0.05) is 6.92 Å². The maximum atomic E-state index is 12.1. The molecule has 0 spiro atoms. The molecule has 0 fully saturated rings. The Morgan fingerprint density at radius 2 is 2.25 bits per heavy atom. The average Bonchev–Trinajstić information content (AvgIpc) is 3.07. The largest absolute Gasteiger partial charge is 0.446 e. The summed E-state index contributed by atoms with van der Waals surface area (Å²) in [7, 11) is -3.76. The van der Waals surface area contributed by atoms with Crippen molar-refractivity contribution in [2.75, 3.05) is 0 Å². The van der Waals surface area contributed by atoms with E-state index < -0.39 is 16.1 Å². The van der Waals surface area contributed by atoms with Gasteiger partial charge in [0.05, 0.1) is 6.04 Å². The molecular weight excluding hydrogens is 300 g/mol. The molecule has 2 aromatic heterocycles. The van der Waals surface area contributed by atoms with Crippen LogP contribution in [0.15, 0.2) is 27.8 Å². The number of hydrogen-bond donors (Lipinski definition) is 2. The van der Waals surface area contributed by atoms with Gasteiger partial charge in [-0.25, -0.2) is 13.4 Å². The van der Waals surface area contributed by atoms with Crippen molar-refractivity contribution in [2.45, 2.75) is 38.0 Å². The van der Waals surface area contributed by atoms with E-state index in [9.17, 15) is 8.42 Å². The SMILES string of the molecule is CCc1cnc(C(C)NS(=O)(=O)c2ccc(CO)o2)s1. The van der Waals surface area contributed by atoms with Crippen molar-refractivity contribution in [2.24, 2.45) is 0 Å². The van der Waals surface area contributed by atoms with E-state index in [1.165, 1.54) is 23.5 Å². The lowest BCUT2D eigenvalue weighted by atomic mass is 10.4. The van der Waals surface area contributed by atoms with Gasteiger partial charge in [-0.3, -0.25) is 0 Å². The quantitative estimate of drug-likeness (QED) is 0.848. The third-order valence-corrected chi connectivity index (χ3v) is 5.42. The van der Waals surface area contributed by atoms with Crippen molar-refractivity contribution in [1.82, 2.24) is 9.71 Å². The van der Waals surface area contributed by atoms with Crippen molar-refractivity contribution in [3.8, 4) is 0 Å². The second kappa shape index (κ2) is 6.04. The Bertz CT molecular complexity index is 675. The summed E-state index contributed by atoms with van der Waals surface area (Å²) in [5, 5.41) is 9.39. The number of aliphatic hydroxyl groups excluding tert-OH is 1. The van der Waals surface area contributed by atoms with Crippen molar-refractivity contribution in [1.29, 1.82) is 0 Å². The van der Waals surface area contributed by atoms with Crippen LogP contribution in [-0.2, 0) is 23.1 Å². The van der Waals surface area contributed by atoms with Crippen LogP contribution in [0.1, 0.15) is 35.5 Å². The predicted molar refractivity (Wildman–Crippen MR) is 74.9 cm³/mol. The van der Waals surface area contributed by atoms with E-state index in [-0.39, 0.29) is 17.5 Å². The van der Waals surface area contributed by atoms with E-state index in [1.807, 2.05) is 6.92 Å². The summed E-state index contributed by atoms with van der Waals surface area (Å²) in [6.07, 6.45) is 2.62. The lowest BCUT2D eigenvalue weighted by molar-refractivity contribution is 0.236. The van der Waals surface area contributed by atoms with Crippen LogP contribution in [0, 0.1) is 0 Å². The summed E-state index contributed by atoms with van der Waals surface area (Å²) in [4.78, 5) is 5.31. The summed E-state index contributed by atoms with van der Waals surface area (Å²) in [6.45, 7) is 3.41. The molecular formula is C12H16N2O4S2. The molecule has 20 heavy (non-hydrogen) atoms. The molecule has 1 unspecified atom stereocenters. The molecule has 0 amide bonds. The molecule has 2 aromatic rings. The number of sulfonamides is 1.